The van der Waals surface area contributed by atoms with Crippen LogP contribution in [-0.2, 0) is 28.7 Å². The lowest BCUT2D eigenvalue weighted by atomic mass is 9.70. The number of aliphatic hydroxyl groups is 1. The van der Waals surface area contributed by atoms with Crippen molar-refractivity contribution in [3.63, 3.8) is 0 Å². The molecule has 46 heavy (non-hydrogen) atoms. The SMILES string of the molecule is C=CCCC(=O)NC[C@@H](C)OC(=O)[C@H]1[C@@H]2O[C@@]3(CC2Br)[C@@H]1C(=O)N([C@@H](CO)[C@@H](C)CC)[C@@H]3C(=O)N(CC=C)c1cc(C)ccc1C. The lowest BCUT2D eigenvalue weighted by Gasteiger charge is -2.41. The van der Waals surface area contributed by atoms with E-state index in [0.29, 0.717) is 24.9 Å². The van der Waals surface area contributed by atoms with Crippen LogP contribution in [0, 0.1) is 31.6 Å². The number of ether oxygens (including phenoxy) is 2. The Morgan fingerprint density at radius 1 is 1.26 bits per heavy atom. The van der Waals surface area contributed by atoms with E-state index in [1.54, 1.807) is 24.0 Å². The third-order valence-electron chi connectivity index (χ3n) is 9.79. The number of carbonyl (C=O) groups excluding carboxylic acids is 4. The molecule has 9 atom stereocenters. The Bertz CT molecular complexity index is 1350. The van der Waals surface area contributed by atoms with E-state index in [0.717, 1.165) is 11.1 Å². The summed E-state index contributed by atoms with van der Waals surface area (Å²) in [5.41, 5.74) is 1.23. The monoisotopic (exact) mass is 701 g/mol. The maximum atomic E-state index is 14.9. The second kappa shape index (κ2) is 14.8. The van der Waals surface area contributed by atoms with Crippen molar-refractivity contribution in [1.29, 1.82) is 0 Å². The molecule has 1 aromatic rings. The van der Waals surface area contributed by atoms with Crippen molar-refractivity contribution in [3.05, 3.63) is 54.6 Å². The van der Waals surface area contributed by atoms with Crippen molar-refractivity contribution in [2.45, 2.75) is 95.0 Å². The van der Waals surface area contributed by atoms with Gasteiger partial charge in [0.1, 0.15) is 17.7 Å². The number of benzene rings is 1. The van der Waals surface area contributed by atoms with E-state index in [1.807, 2.05) is 45.9 Å². The number of aliphatic hydroxyl groups excluding tert-OH is 1. The fourth-order valence-corrected chi connectivity index (χ4v) is 8.22. The molecular formula is C35H48BrN3O7. The molecule has 3 aliphatic heterocycles. The van der Waals surface area contributed by atoms with E-state index in [-0.39, 0.29) is 48.7 Å². The summed E-state index contributed by atoms with van der Waals surface area (Å²) in [6.07, 6.45) is 3.75. The van der Waals surface area contributed by atoms with Crippen molar-refractivity contribution in [2.75, 3.05) is 24.6 Å². The molecule has 1 unspecified atom stereocenters. The minimum atomic E-state index is -1.32. The third kappa shape index (κ3) is 6.55. The first kappa shape index (κ1) is 35.8. The van der Waals surface area contributed by atoms with E-state index in [4.69, 9.17) is 9.47 Å². The summed E-state index contributed by atoms with van der Waals surface area (Å²) in [6, 6.07) is 4.09. The number of nitrogens with zero attached hydrogens (tertiary/aromatic N) is 2. The number of carbonyl (C=O) groups is 4. The van der Waals surface area contributed by atoms with Gasteiger partial charge in [-0.15, -0.1) is 13.2 Å². The maximum absolute atomic E-state index is 14.9. The van der Waals surface area contributed by atoms with E-state index >= 15 is 0 Å². The number of esters is 1. The predicted molar refractivity (Wildman–Crippen MR) is 179 cm³/mol. The number of aryl methyl sites for hydroxylation is 2. The van der Waals surface area contributed by atoms with Crippen LogP contribution in [0.3, 0.4) is 0 Å². The lowest BCUT2D eigenvalue weighted by molar-refractivity contribution is -0.160. The topological polar surface area (TPSA) is 125 Å². The summed E-state index contributed by atoms with van der Waals surface area (Å²) in [5.74, 6) is -3.64. The minimum absolute atomic E-state index is 0.113. The van der Waals surface area contributed by atoms with E-state index in [2.05, 4.69) is 34.4 Å². The van der Waals surface area contributed by atoms with Gasteiger partial charge in [0.15, 0.2) is 0 Å². The number of fused-ring (bicyclic) bond motifs is 1. The van der Waals surface area contributed by atoms with E-state index in [9.17, 15) is 24.3 Å². The Hall–Kier alpha value is -3.02. The molecular weight excluding hydrogens is 654 g/mol. The van der Waals surface area contributed by atoms with Gasteiger partial charge in [0.2, 0.25) is 11.8 Å². The lowest BCUT2D eigenvalue weighted by Crippen LogP contribution is -2.60. The number of allylic oxidation sites excluding steroid dienone is 1. The van der Waals surface area contributed by atoms with Crippen molar-refractivity contribution in [1.82, 2.24) is 10.2 Å². The fraction of sp³-hybridized carbons (Fsp3) is 0.600. The summed E-state index contributed by atoms with van der Waals surface area (Å²) >= 11 is 3.70. The van der Waals surface area contributed by atoms with Crippen LogP contribution >= 0.6 is 15.9 Å². The van der Waals surface area contributed by atoms with Gasteiger partial charge in [-0.25, -0.2) is 0 Å². The first-order valence-corrected chi connectivity index (χ1v) is 17.1. The zero-order valence-electron chi connectivity index (χ0n) is 27.5. The average molecular weight is 703 g/mol. The third-order valence-corrected chi connectivity index (χ3v) is 10.6. The van der Waals surface area contributed by atoms with Gasteiger partial charge in [0.25, 0.3) is 5.91 Å². The number of amides is 3. The molecule has 3 aliphatic rings. The number of hydrogen-bond acceptors (Lipinski definition) is 7. The highest BCUT2D eigenvalue weighted by atomic mass is 79.9. The number of alkyl halides is 1. The number of likely N-dealkylation sites (tertiary alicyclic amines) is 1. The molecule has 0 radical (unpaired) electrons. The van der Waals surface area contributed by atoms with Gasteiger partial charge in [-0.1, -0.05) is 60.5 Å². The largest absolute Gasteiger partial charge is 0.460 e. The summed E-state index contributed by atoms with van der Waals surface area (Å²) in [6.45, 7) is 16.9. The number of nitrogens with one attached hydrogen (secondary N) is 1. The quantitative estimate of drug-likeness (QED) is 0.161. The zero-order chi connectivity index (χ0) is 33.9. The summed E-state index contributed by atoms with van der Waals surface area (Å²) in [5, 5.41) is 13.4. The second-order valence-electron chi connectivity index (χ2n) is 13.0. The highest BCUT2D eigenvalue weighted by Gasteiger charge is 2.77. The van der Waals surface area contributed by atoms with Gasteiger partial charge in [-0.2, -0.15) is 0 Å². The number of hydrogen-bond donors (Lipinski definition) is 2. The molecule has 3 fully saturated rings. The van der Waals surface area contributed by atoms with E-state index in [1.165, 1.54) is 4.90 Å². The maximum Gasteiger partial charge on any atom is 0.312 e. The molecule has 2 N–H and O–H groups in total. The fourth-order valence-electron chi connectivity index (χ4n) is 7.28. The number of halogens is 1. The van der Waals surface area contributed by atoms with E-state index < -0.39 is 53.6 Å². The van der Waals surface area contributed by atoms with Crippen molar-refractivity contribution < 1.29 is 33.8 Å². The Balaban J connectivity index is 1.73. The molecule has 10 nitrogen and oxygen atoms in total. The van der Waals surface area contributed by atoms with Gasteiger partial charge in [-0.05, 0) is 56.7 Å². The van der Waals surface area contributed by atoms with Gasteiger partial charge in [-0.3, -0.25) is 19.2 Å². The molecule has 1 aromatic carbocycles. The molecule has 4 rings (SSSR count). The highest BCUT2D eigenvalue weighted by molar-refractivity contribution is 9.09. The number of anilines is 1. The molecule has 252 valence electrons. The Kier molecular flexibility index (Phi) is 11.5. The molecule has 0 aliphatic carbocycles. The standard InChI is InChI=1S/C35H48BrN3O7/c1-8-11-12-27(41)37-18-23(7)45-34(44)28-29-32(42)39(26(19-40)21(5)10-3)31(35(29)17-24(36)30(28)46-35)33(43)38(15-9-2)25-16-20(4)13-14-22(25)6/h8-9,13-14,16,21,23-24,26,28-31,40H,1-2,10-12,15,17-19H2,3-7H3,(H,37,41)/t21-,23+,24?,26-,28+,29-,30+,31+,35-/m0/s1. The van der Waals surface area contributed by atoms with Gasteiger partial charge in [0.05, 0.1) is 37.1 Å². The van der Waals surface area contributed by atoms with Crippen LogP contribution in [0.15, 0.2) is 43.5 Å². The predicted octanol–water partition coefficient (Wildman–Crippen LogP) is 3.99. The van der Waals surface area contributed by atoms with Crippen LogP contribution in [0.1, 0.15) is 57.6 Å². The Morgan fingerprint density at radius 2 is 1.98 bits per heavy atom. The Morgan fingerprint density at radius 3 is 2.61 bits per heavy atom. The van der Waals surface area contributed by atoms with Gasteiger partial charge >= 0.3 is 5.97 Å². The van der Waals surface area contributed by atoms with Crippen LogP contribution in [-0.4, -0.2) is 88.1 Å². The molecule has 0 saturated carbocycles. The molecule has 3 saturated heterocycles. The molecule has 1 spiro atoms. The molecule has 3 amide bonds. The smallest absolute Gasteiger partial charge is 0.312 e. The number of rotatable bonds is 15. The van der Waals surface area contributed by atoms with Crippen LogP contribution in [0.25, 0.3) is 0 Å². The molecule has 0 aromatic heterocycles. The Labute approximate surface area is 280 Å². The van der Waals surface area contributed by atoms with Crippen molar-refractivity contribution in [2.24, 2.45) is 17.8 Å². The zero-order valence-corrected chi connectivity index (χ0v) is 29.1. The highest BCUT2D eigenvalue weighted by Crippen LogP contribution is 2.61. The van der Waals surface area contributed by atoms with Crippen LogP contribution in [0.5, 0.6) is 0 Å². The van der Waals surface area contributed by atoms with Crippen LogP contribution < -0.4 is 10.2 Å². The molecule has 2 bridgehead atoms. The molecule has 3 heterocycles. The van der Waals surface area contributed by atoms with Gasteiger partial charge < -0.3 is 29.7 Å². The second-order valence-corrected chi connectivity index (χ2v) is 14.1. The summed E-state index contributed by atoms with van der Waals surface area (Å²) in [4.78, 5) is 58.4. The molecule has 11 heteroatoms. The minimum Gasteiger partial charge on any atom is -0.460 e. The van der Waals surface area contributed by atoms with Crippen molar-refractivity contribution in [3.8, 4) is 0 Å². The summed E-state index contributed by atoms with van der Waals surface area (Å²) < 4.78 is 12.5. The first-order chi connectivity index (χ1) is 21.9. The van der Waals surface area contributed by atoms with Crippen LogP contribution in [0.2, 0.25) is 0 Å². The summed E-state index contributed by atoms with van der Waals surface area (Å²) in [7, 11) is 0. The normalized spacial score (nSPS) is 28.3. The van der Waals surface area contributed by atoms with Crippen LogP contribution in [0.4, 0.5) is 5.69 Å². The first-order valence-electron chi connectivity index (χ1n) is 16.2. The average Bonchev–Trinajstić information content (AvgIpc) is 3.62. The van der Waals surface area contributed by atoms with Crippen molar-refractivity contribution >= 4 is 45.3 Å². The van der Waals surface area contributed by atoms with Gasteiger partial charge in [0, 0.05) is 23.5 Å².